The van der Waals surface area contributed by atoms with Crippen LogP contribution in [-0.2, 0) is 64.3 Å². The van der Waals surface area contributed by atoms with Crippen molar-refractivity contribution in [1.29, 1.82) is 0 Å². The number of aliphatic hydroxyl groups excluding tert-OH is 2. The summed E-state index contributed by atoms with van der Waals surface area (Å²) in [6.07, 6.45) is -8.38. The Labute approximate surface area is 297 Å². The molecule has 0 radical (unpaired) electrons. The van der Waals surface area contributed by atoms with Gasteiger partial charge in [0.2, 0.25) is 0 Å². The summed E-state index contributed by atoms with van der Waals surface area (Å²) in [6, 6.07) is 39.5. The fourth-order valence-corrected chi connectivity index (χ4v) is 7.50. The van der Waals surface area contributed by atoms with Gasteiger partial charge in [0.05, 0.1) is 39.6 Å². The predicted octanol–water partition coefficient (Wildman–Crippen LogP) is 4.34. The van der Waals surface area contributed by atoms with Gasteiger partial charge in [0.25, 0.3) is 0 Å². The van der Waals surface area contributed by atoms with Crippen LogP contribution in [0.2, 0.25) is 0 Å². The van der Waals surface area contributed by atoms with E-state index < -0.39 is 66.8 Å². The van der Waals surface area contributed by atoms with Crippen molar-refractivity contribution in [2.45, 2.75) is 93.3 Å². The van der Waals surface area contributed by atoms with Gasteiger partial charge >= 0.3 is 0 Å². The van der Waals surface area contributed by atoms with Crippen LogP contribution in [0.4, 0.5) is 0 Å². The maximum Gasteiger partial charge on any atom is 0.187 e. The van der Waals surface area contributed by atoms with Crippen LogP contribution in [0.25, 0.3) is 0 Å². The molecule has 0 unspecified atom stereocenters. The summed E-state index contributed by atoms with van der Waals surface area (Å²) in [5.74, 6) is 0. The number of fused-ring (bicyclic) bond motifs is 4. The molecule has 2 N–H and O–H groups in total. The van der Waals surface area contributed by atoms with E-state index in [2.05, 4.69) is 0 Å². The molecule has 11 atom stereocenters. The van der Waals surface area contributed by atoms with E-state index >= 15 is 0 Å². The lowest BCUT2D eigenvalue weighted by Gasteiger charge is -2.49. The molecule has 51 heavy (non-hydrogen) atoms. The third kappa shape index (κ3) is 7.40. The molecule has 4 saturated heterocycles. The number of hydrogen-bond donors (Lipinski definition) is 2. The van der Waals surface area contributed by atoms with Gasteiger partial charge in [0.15, 0.2) is 11.9 Å². The first kappa shape index (κ1) is 34.6. The number of hydrogen-bond acceptors (Lipinski definition) is 10. The van der Waals surface area contributed by atoms with Crippen LogP contribution in [0.5, 0.6) is 0 Å². The van der Waals surface area contributed by atoms with Gasteiger partial charge in [-0.1, -0.05) is 121 Å². The second kappa shape index (κ2) is 15.6. The smallest absolute Gasteiger partial charge is 0.187 e. The number of ether oxygens (including phenoxy) is 8. The Balaban J connectivity index is 1.14. The van der Waals surface area contributed by atoms with Crippen LogP contribution in [0.3, 0.4) is 0 Å². The van der Waals surface area contributed by atoms with Crippen molar-refractivity contribution in [3.63, 3.8) is 0 Å². The van der Waals surface area contributed by atoms with Gasteiger partial charge in [-0.15, -0.1) is 0 Å². The van der Waals surface area contributed by atoms with Crippen molar-refractivity contribution in [3.05, 3.63) is 144 Å². The second-order valence-electron chi connectivity index (χ2n) is 13.6. The molecule has 4 aromatic carbocycles. The quantitative estimate of drug-likeness (QED) is 0.174. The summed E-state index contributed by atoms with van der Waals surface area (Å²) < 4.78 is 51.1. The second-order valence-corrected chi connectivity index (χ2v) is 13.6. The topological polar surface area (TPSA) is 118 Å². The zero-order chi connectivity index (χ0) is 34.6. The molecule has 4 heterocycles. The molecule has 10 heteroatoms. The molecular weight excluding hydrogens is 652 g/mol. The molecule has 4 fully saturated rings. The van der Waals surface area contributed by atoms with Crippen LogP contribution in [0.15, 0.2) is 121 Å². The average Bonchev–Trinajstić information content (AvgIpc) is 3.80. The molecule has 0 aromatic heterocycles. The highest BCUT2D eigenvalue weighted by Crippen LogP contribution is 2.55. The van der Waals surface area contributed by atoms with Crippen molar-refractivity contribution in [3.8, 4) is 0 Å². The van der Waals surface area contributed by atoms with Crippen molar-refractivity contribution >= 4 is 0 Å². The van der Waals surface area contributed by atoms with E-state index in [0.717, 1.165) is 22.3 Å². The summed E-state index contributed by atoms with van der Waals surface area (Å²) >= 11 is 0. The predicted molar refractivity (Wildman–Crippen MR) is 184 cm³/mol. The fourth-order valence-electron chi connectivity index (χ4n) is 7.50. The largest absolute Gasteiger partial charge is 0.387 e. The summed E-state index contributed by atoms with van der Waals surface area (Å²) in [7, 11) is 0. The molecule has 4 aromatic rings. The van der Waals surface area contributed by atoms with Gasteiger partial charge < -0.3 is 48.1 Å². The molecule has 268 valence electrons. The number of benzene rings is 4. The number of aliphatic hydroxyl groups is 2. The summed E-state index contributed by atoms with van der Waals surface area (Å²) in [5.41, 5.74) is 2.56. The molecular formula is C41H44O10. The Bertz CT molecular complexity index is 1660. The lowest BCUT2D eigenvalue weighted by molar-refractivity contribution is -0.294. The maximum absolute atomic E-state index is 12.4. The van der Waals surface area contributed by atoms with E-state index in [4.69, 9.17) is 37.9 Å². The molecule has 4 aliphatic rings. The van der Waals surface area contributed by atoms with E-state index in [0.29, 0.717) is 13.2 Å². The van der Waals surface area contributed by atoms with Crippen molar-refractivity contribution in [2.24, 2.45) is 0 Å². The van der Waals surface area contributed by atoms with Crippen LogP contribution in [-0.4, -0.2) is 90.3 Å². The first-order chi connectivity index (χ1) is 25.1. The minimum atomic E-state index is -1.36. The Morgan fingerprint density at radius 2 is 1.12 bits per heavy atom. The van der Waals surface area contributed by atoms with E-state index in [9.17, 15) is 10.2 Å². The van der Waals surface area contributed by atoms with Gasteiger partial charge in [-0.3, -0.25) is 0 Å². The van der Waals surface area contributed by atoms with E-state index in [1.165, 1.54) is 0 Å². The average molecular weight is 697 g/mol. The molecule has 4 aliphatic heterocycles. The van der Waals surface area contributed by atoms with Crippen molar-refractivity contribution < 1.29 is 48.1 Å². The van der Waals surface area contributed by atoms with Gasteiger partial charge in [0.1, 0.15) is 54.9 Å². The first-order valence-corrected chi connectivity index (χ1v) is 17.6. The van der Waals surface area contributed by atoms with Crippen molar-refractivity contribution in [1.82, 2.24) is 0 Å². The van der Waals surface area contributed by atoms with Gasteiger partial charge in [-0.25, -0.2) is 0 Å². The van der Waals surface area contributed by atoms with Gasteiger partial charge in [0, 0.05) is 0 Å². The van der Waals surface area contributed by atoms with E-state index in [1.54, 1.807) is 0 Å². The minimum absolute atomic E-state index is 0.144. The first-order valence-electron chi connectivity index (χ1n) is 17.6. The van der Waals surface area contributed by atoms with Crippen LogP contribution < -0.4 is 0 Å². The molecule has 10 nitrogen and oxygen atoms in total. The van der Waals surface area contributed by atoms with E-state index in [1.807, 2.05) is 121 Å². The van der Waals surface area contributed by atoms with Gasteiger partial charge in [-0.2, -0.15) is 0 Å². The standard InChI is InChI=1S/C41H44O10/c42-37-32-26-48-40(50-32)39-41(37,51-39)38(43)36-35(47-24-30-19-11-4-12-20-30)34(46-23-29-17-9-3-10-18-29)33(45-22-28-15-7-2-8-16-28)31(49-36)25-44-21-27-13-5-1-6-14-27/h1-20,31-40,42-43H,21-26H2/t31-,32-,33-,34+,35-,36-,37+,38+,39+,40-,41+/m1/s1. The summed E-state index contributed by atoms with van der Waals surface area (Å²) in [4.78, 5) is 0. The Kier molecular flexibility index (Phi) is 10.6. The van der Waals surface area contributed by atoms with Gasteiger partial charge in [-0.05, 0) is 22.3 Å². The molecule has 0 saturated carbocycles. The van der Waals surface area contributed by atoms with Crippen LogP contribution in [0, 0.1) is 0 Å². The summed E-state index contributed by atoms with van der Waals surface area (Å²) in [5, 5.41) is 23.9. The zero-order valence-corrected chi connectivity index (χ0v) is 28.2. The lowest BCUT2D eigenvalue weighted by Crippen LogP contribution is -2.68. The lowest BCUT2D eigenvalue weighted by atomic mass is 9.80. The Hall–Kier alpha value is -3.52. The highest BCUT2D eigenvalue weighted by Gasteiger charge is 2.77. The molecule has 0 aliphatic carbocycles. The fraction of sp³-hybridized carbons (Fsp3) is 0.415. The highest BCUT2D eigenvalue weighted by molar-refractivity contribution is 5.23. The van der Waals surface area contributed by atoms with E-state index in [-0.39, 0.29) is 26.4 Å². The number of epoxide rings is 1. The third-order valence-electron chi connectivity index (χ3n) is 10.2. The minimum Gasteiger partial charge on any atom is -0.387 e. The zero-order valence-electron chi connectivity index (χ0n) is 28.2. The van der Waals surface area contributed by atoms with Crippen LogP contribution in [0.1, 0.15) is 22.3 Å². The molecule has 0 amide bonds. The number of rotatable bonds is 15. The molecule has 0 spiro atoms. The molecule has 8 rings (SSSR count). The summed E-state index contributed by atoms with van der Waals surface area (Å²) in [6.45, 7) is 1.50. The third-order valence-corrected chi connectivity index (χ3v) is 10.2. The monoisotopic (exact) mass is 696 g/mol. The molecule has 2 bridgehead atoms. The Morgan fingerprint density at radius 3 is 1.67 bits per heavy atom. The Morgan fingerprint density at radius 1 is 0.627 bits per heavy atom. The maximum atomic E-state index is 12.4. The SMILES string of the molecule is O[C@@H]([C@@H]1O[C@H](COCc2ccccc2)[C@@H](OCc2ccccc2)[C@H](OCc2ccccc2)[C@H]1OCc1ccccc1)[C@]12O[C@H]1[C@@H]1OC[C@@H](O1)[C@@H]2O. The normalized spacial score (nSPS) is 33.0. The highest BCUT2D eigenvalue weighted by atomic mass is 16.8. The van der Waals surface area contributed by atoms with Crippen molar-refractivity contribution in [2.75, 3.05) is 13.2 Å². The van der Waals surface area contributed by atoms with Crippen LogP contribution >= 0.6 is 0 Å².